The lowest BCUT2D eigenvalue weighted by Crippen LogP contribution is -2.53. The highest BCUT2D eigenvalue weighted by molar-refractivity contribution is 9.10. The van der Waals surface area contributed by atoms with E-state index in [1.165, 1.54) is 21.9 Å². The smallest absolute Gasteiger partial charge is 0.177 e. The first kappa shape index (κ1) is 15.4. The second kappa shape index (κ2) is 6.13. The standard InChI is InChI=1S/C21H18BrNO2/c22-17-8-4-3-7-16(17)21-20-15-6-2-1-5-14(15)9-10-18(20)25-19-13-24-12-11-23(19)21/h1-10,19,21H,11-13H2. The van der Waals surface area contributed by atoms with Gasteiger partial charge < -0.3 is 9.47 Å². The van der Waals surface area contributed by atoms with Crippen LogP contribution >= 0.6 is 15.9 Å². The summed E-state index contributed by atoms with van der Waals surface area (Å²) >= 11 is 3.77. The first-order valence-electron chi connectivity index (χ1n) is 8.59. The number of ether oxygens (including phenoxy) is 2. The zero-order valence-corrected chi connectivity index (χ0v) is 15.3. The van der Waals surface area contributed by atoms with Gasteiger partial charge in [0.05, 0.1) is 19.3 Å². The van der Waals surface area contributed by atoms with Crippen LogP contribution in [0.2, 0.25) is 0 Å². The quantitative estimate of drug-likeness (QED) is 0.593. The van der Waals surface area contributed by atoms with Crippen LogP contribution in [0.5, 0.6) is 5.75 Å². The molecule has 0 aromatic heterocycles. The molecule has 0 saturated carbocycles. The van der Waals surface area contributed by atoms with Crippen LogP contribution in [0.4, 0.5) is 0 Å². The maximum absolute atomic E-state index is 6.32. The minimum absolute atomic E-state index is 0.0421. The molecule has 3 aromatic rings. The Kier molecular flexibility index (Phi) is 3.77. The van der Waals surface area contributed by atoms with Crippen molar-refractivity contribution >= 4 is 26.7 Å². The minimum Gasteiger partial charge on any atom is -0.472 e. The van der Waals surface area contributed by atoms with Gasteiger partial charge in [-0.1, -0.05) is 64.5 Å². The maximum atomic E-state index is 6.32. The summed E-state index contributed by atoms with van der Waals surface area (Å²) in [6.07, 6.45) is -0.0421. The first-order chi connectivity index (χ1) is 12.3. The van der Waals surface area contributed by atoms with E-state index in [9.17, 15) is 0 Å². The fourth-order valence-corrected chi connectivity index (χ4v) is 4.50. The lowest BCUT2D eigenvalue weighted by molar-refractivity contribution is -0.115. The third-order valence-corrected chi connectivity index (χ3v) is 5.84. The molecule has 1 saturated heterocycles. The number of hydrogen-bond donors (Lipinski definition) is 0. The lowest BCUT2D eigenvalue weighted by Gasteiger charge is -2.45. The van der Waals surface area contributed by atoms with Gasteiger partial charge in [0.2, 0.25) is 0 Å². The summed E-state index contributed by atoms with van der Waals surface area (Å²) in [6, 6.07) is 21.4. The van der Waals surface area contributed by atoms with Crippen molar-refractivity contribution in [2.45, 2.75) is 12.3 Å². The summed E-state index contributed by atoms with van der Waals surface area (Å²) in [5.41, 5.74) is 2.53. The van der Waals surface area contributed by atoms with Crippen molar-refractivity contribution in [3.8, 4) is 5.75 Å². The molecule has 2 unspecified atom stereocenters. The molecule has 0 amide bonds. The molecule has 5 rings (SSSR count). The van der Waals surface area contributed by atoms with E-state index in [1.807, 2.05) is 0 Å². The molecule has 2 aliphatic rings. The third kappa shape index (κ3) is 2.48. The Morgan fingerprint density at radius 3 is 2.72 bits per heavy atom. The monoisotopic (exact) mass is 395 g/mol. The van der Waals surface area contributed by atoms with Gasteiger partial charge >= 0.3 is 0 Å². The number of morpholine rings is 1. The van der Waals surface area contributed by atoms with Gasteiger partial charge in [-0.05, 0) is 28.5 Å². The lowest BCUT2D eigenvalue weighted by atomic mass is 9.90. The molecular formula is C21H18BrNO2. The van der Waals surface area contributed by atoms with E-state index in [0.29, 0.717) is 6.61 Å². The number of rotatable bonds is 1. The fraction of sp³-hybridized carbons (Fsp3) is 0.238. The van der Waals surface area contributed by atoms with Crippen molar-refractivity contribution in [3.63, 3.8) is 0 Å². The zero-order chi connectivity index (χ0) is 16.8. The molecule has 2 heterocycles. The fourth-order valence-electron chi connectivity index (χ4n) is 3.99. The highest BCUT2D eigenvalue weighted by Gasteiger charge is 2.40. The van der Waals surface area contributed by atoms with E-state index in [1.54, 1.807) is 0 Å². The molecule has 0 radical (unpaired) electrons. The van der Waals surface area contributed by atoms with Gasteiger partial charge in [0.25, 0.3) is 0 Å². The summed E-state index contributed by atoms with van der Waals surface area (Å²) in [5.74, 6) is 0.964. The molecule has 3 nitrogen and oxygen atoms in total. The first-order valence-corrected chi connectivity index (χ1v) is 9.38. The van der Waals surface area contributed by atoms with E-state index < -0.39 is 0 Å². The number of benzene rings is 3. The van der Waals surface area contributed by atoms with Gasteiger partial charge in [-0.15, -0.1) is 0 Å². The highest BCUT2D eigenvalue weighted by Crippen LogP contribution is 2.46. The average molecular weight is 396 g/mol. The molecule has 25 heavy (non-hydrogen) atoms. The number of halogens is 1. The van der Waals surface area contributed by atoms with Crippen LogP contribution in [-0.4, -0.2) is 30.9 Å². The normalized spacial score (nSPS) is 22.9. The molecule has 0 aliphatic carbocycles. The van der Waals surface area contributed by atoms with Crippen LogP contribution in [0.25, 0.3) is 10.8 Å². The summed E-state index contributed by atoms with van der Waals surface area (Å²) in [6.45, 7) is 2.20. The molecule has 0 spiro atoms. The number of nitrogens with zero attached hydrogens (tertiary/aromatic N) is 1. The Bertz CT molecular complexity index is 942. The molecule has 1 fully saturated rings. The minimum atomic E-state index is -0.0421. The Balaban J connectivity index is 1.80. The van der Waals surface area contributed by atoms with E-state index >= 15 is 0 Å². The molecule has 2 atom stereocenters. The van der Waals surface area contributed by atoms with Crippen molar-refractivity contribution in [1.82, 2.24) is 4.90 Å². The van der Waals surface area contributed by atoms with E-state index in [4.69, 9.17) is 9.47 Å². The van der Waals surface area contributed by atoms with Crippen molar-refractivity contribution in [2.75, 3.05) is 19.8 Å². The van der Waals surface area contributed by atoms with Gasteiger partial charge in [0.1, 0.15) is 5.75 Å². The Labute approximate surface area is 155 Å². The Morgan fingerprint density at radius 2 is 1.80 bits per heavy atom. The van der Waals surface area contributed by atoms with E-state index in [0.717, 1.165) is 23.4 Å². The van der Waals surface area contributed by atoms with E-state index in [2.05, 4.69) is 81.5 Å². The van der Waals surface area contributed by atoms with Crippen LogP contribution in [0.15, 0.2) is 65.1 Å². The van der Waals surface area contributed by atoms with Gasteiger partial charge in [0.15, 0.2) is 6.23 Å². The van der Waals surface area contributed by atoms with Crippen molar-refractivity contribution in [2.24, 2.45) is 0 Å². The van der Waals surface area contributed by atoms with Crippen LogP contribution in [0.1, 0.15) is 17.2 Å². The molecule has 0 N–H and O–H groups in total. The Morgan fingerprint density at radius 1 is 0.960 bits per heavy atom. The second-order valence-electron chi connectivity index (χ2n) is 6.51. The molecule has 0 bridgehead atoms. The van der Waals surface area contributed by atoms with Crippen LogP contribution in [0.3, 0.4) is 0 Å². The van der Waals surface area contributed by atoms with Crippen LogP contribution in [-0.2, 0) is 4.74 Å². The van der Waals surface area contributed by atoms with Crippen molar-refractivity contribution < 1.29 is 9.47 Å². The van der Waals surface area contributed by atoms with Gasteiger partial charge in [-0.2, -0.15) is 0 Å². The van der Waals surface area contributed by atoms with Crippen molar-refractivity contribution in [1.29, 1.82) is 0 Å². The summed E-state index contributed by atoms with van der Waals surface area (Å²) in [7, 11) is 0. The average Bonchev–Trinajstić information content (AvgIpc) is 2.67. The van der Waals surface area contributed by atoms with Crippen molar-refractivity contribution in [3.05, 3.63) is 76.3 Å². The zero-order valence-electron chi connectivity index (χ0n) is 13.7. The largest absolute Gasteiger partial charge is 0.472 e. The van der Waals surface area contributed by atoms with Gasteiger partial charge in [-0.25, -0.2) is 0 Å². The molecule has 126 valence electrons. The summed E-state index contributed by atoms with van der Waals surface area (Å²) in [4.78, 5) is 2.43. The molecule has 3 aromatic carbocycles. The van der Waals surface area contributed by atoms with E-state index in [-0.39, 0.29) is 12.3 Å². The molecule has 2 aliphatic heterocycles. The van der Waals surface area contributed by atoms with Crippen LogP contribution in [0, 0.1) is 0 Å². The van der Waals surface area contributed by atoms with Gasteiger partial charge in [0, 0.05) is 16.6 Å². The number of hydrogen-bond acceptors (Lipinski definition) is 3. The van der Waals surface area contributed by atoms with Crippen LogP contribution < -0.4 is 4.74 Å². The summed E-state index contributed by atoms with van der Waals surface area (Å²) in [5, 5.41) is 2.50. The van der Waals surface area contributed by atoms with Gasteiger partial charge in [-0.3, -0.25) is 4.90 Å². The molecular weight excluding hydrogens is 378 g/mol. The molecule has 4 heteroatoms. The predicted octanol–water partition coefficient (Wildman–Crippen LogP) is 4.74. The predicted molar refractivity (Wildman–Crippen MR) is 102 cm³/mol. The third-order valence-electron chi connectivity index (χ3n) is 5.12. The number of fused-ring (bicyclic) bond motifs is 4. The SMILES string of the molecule is Brc1ccccc1C1c2c(ccc3ccccc23)OC2COCCN21. The highest BCUT2D eigenvalue weighted by atomic mass is 79.9. The maximum Gasteiger partial charge on any atom is 0.177 e. The second-order valence-corrected chi connectivity index (χ2v) is 7.36. The summed E-state index contributed by atoms with van der Waals surface area (Å²) < 4.78 is 13.1. The Hall–Kier alpha value is -1.88. The topological polar surface area (TPSA) is 21.7 Å².